The van der Waals surface area contributed by atoms with Crippen molar-refractivity contribution in [3.05, 3.63) is 228 Å². The van der Waals surface area contributed by atoms with E-state index in [1.807, 2.05) is 48.5 Å². The molecule has 0 saturated carbocycles. The van der Waals surface area contributed by atoms with E-state index in [9.17, 15) is 0 Å². The van der Waals surface area contributed by atoms with Gasteiger partial charge in [-0.2, -0.15) is 0 Å². The van der Waals surface area contributed by atoms with Crippen LogP contribution in [0.4, 0.5) is 11.4 Å². The molecule has 0 unspecified atom stereocenters. The van der Waals surface area contributed by atoms with Gasteiger partial charge in [0.2, 0.25) is 0 Å². The number of aromatic nitrogens is 1. The zero-order valence-electron chi connectivity index (χ0n) is 33.2. The third kappa shape index (κ3) is 6.02. The van der Waals surface area contributed by atoms with Crippen molar-refractivity contribution in [1.29, 1.82) is 0 Å². The molecule has 0 radical (unpaired) electrons. The monoisotopic (exact) mass is 761 g/mol. The van der Waals surface area contributed by atoms with Gasteiger partial charge in [-0.3, -0.25) is 4.99 Å². The summed E-state index contributed by atoms with van der Waals surface area (Å²) >= 11 is 0. The van der Waals surface area contributed by atoms with Gasteiger partial charge >= 0.3 is 0 Å². The van der Waals surface area contributed by atoms with E-state index in [0.717, 1.165) is 55.9 Å². The van der Waals surface area contributed by atoms with E-state index in [2.05, 4.69) is 163 Å². The van der Waals surface area contributed by atoms with Crippen LogP contribution in [-0.2, 0) is 12.0 Å². The fourth-order valence-corrected chi connectivity index (χ4v) is 9.04. The molecule has 59 heavy (non-hydrogen) atoms. The van der Waals surface area contributed by atoms with Crippen LogP contribution >= 0.6 is 0 Å². The third-order valence-corrected chi connectivity index (χ3v) is 11.8. The average molecular weight is 762 g/mol. The molecular formula is C54H43N5. The highest BCUT2D eigenvalue weighted by Gasteiger charge is 2.43. The van der Waals surface area contributed by atoms with Crippen molar-refractivity contribution in [3.63, 3.8) is 0 Å². The van der Waals surface area contributed by atoms with Gasteiger partial charge in [0, 0.05) is 50.5 Å². The minimum absolute atomic E-state index is 0.323. The van der Waals surface area contributed by atoms with E-state index in [1.54, 1.807) is 0 Å². The summed E-state index contributed by atoms with van der Waals surface area (Å²) < 4.78 is 2.44. The predicted octanol–water partition coefficient (Wildman–Crippen LogP) is 12.7. The van der Waals surface area contributed by atoms with Crippen molar-refractivity contribution in [3.8, 4) is 16.8 Å². The van der Waals surface area contributed by atoms with E-state index >= 15 is 0 Å². The lowest BCUT2D eigenvalue weighted by atomic mass is 9.79. The number of nitrogens with two attached hydrogens (primary N) is 1. The van der Waals surface area contributed by atoms with Crippen molar-refractivity contribution in [2.45, 2.75) is 25.8 Å². The first-order chi connectivity index (χ1) is 28.9. The molecule has 1 aliphatic heterocycles. The Balaban J connectivity index is 1.22. The van der Waals surface area contributed by atoms with Gasteiger partial charge in [0.1, 0.15) is 5.84 Å². The molecule has 1 aliphatic carbocycles. The number of para-hydroxylation sites is 2. The van der Waals surface area contributed by atoms with Gasteiger partial charge in [-0.1, -0.05) is 154 Å². The lowest BCUT2D eigenvalue weighted by Crippen LogP contribution is -2.22. The normalized spacial score (nSPS) is 15.7. The Morgan fingerprint density at radius 1 is 0.661 bits per heavy atom. The smallest absolute Gasteiger partial charge is 0.157 e. The maximum Gasteiger partial charge on any atom is 0.157 e. The van der Waals surface area contributed by atoms with Crippen LogP contribution in [0.2, 0.25) is 0 Å². The maximum atomic E-state index is 6.62. The van der Waals surface area contributed by atoms with Gasteiger partial charge in [0.25, 0.3) is 0 Å². The summed E-state index contributed by atoms with van der Waals surface area (Å²) in [5.74, 6) is 0.996. The van der Waals surface area contributed by atoms with Crippen molar-refractivity contribution in [2.24, 2.45) is 15.7 Å². The van der Waals surface area contributed by atoms with Gasteiger partial charge in [-0.15, -0.1) is 0 Å². The third-order valence-electron chi connectivity index (χ3n) is 11.8. The minimum atomic E-state index is -0.323. The van der Waals surface area contributed by atoms with Crippen molar-refractivity contribution in [2.75, 3.05) is 4.90 Å². The Labute approximate surface area is 345 Å². The number of aliphatic imine (C=N–C) groups is 2. The summed E-state index contributed by atoms with van der Waals surface area (Å²) in [6, 6.07) is 57.1. The second-order valence-electron chi connectivity index (χ2n) is 15.7. The first-order valence-electron chi connectivity index (χ1n) is 20.1. The Morgan fingerprint density at radius 3 is 2.08 bits per heavy atom. The highest BCUT2D eigenvalue weighted by atomic mass is 15.1. The van der Waals surface area contributed by atoms with Crippen LogP contribution in [0.15, 0.2) is 205 Å². The number of hydrogen-bond donors (Lipinski definition) is 1. The number of benzene rings is 7. The van der Waals surface area contributed by atoms with Gasteiger partial charge in [-0.25, -0.2) is 4.99 Å². The molecule has 5 nitrogen and oxygen atoms in total. The standard InChI is InChI=1S/C54H43N5/c1-36-19-17-18-34-58(40-32-30-39(31-33-40)53(56-35-37-20-7-4-8-21-37)57-52(55)38-22-9-5-10-23-38)51-46(36)50-48(47-42-26-13-15-28-44(42)54(2,3)49(47)51)43-27-14-16-29-45(43)59(50)41-24-11-6-12-25-41/h4-34H,1,35H2,2-3H3,(H2,55,56,57)/b19-17-,34-18-. The van der Waals surface area contributed by atoms with Crippen molar-refractivity contribution < 1.29 is 0 Å². The zero-order chi connectivity index (χ0) is 40.1. The van der Waals surface area contributed by atoms with Gasteiger partial charge < -0.3 is 15.2 Å². The summed E-state index contributed by atoms with van der Waals surface area (Å²) in [4.78, 5) is 12.3. The topological polar surface area (TPSA) is 58.9 Å². The molecule has 2 N–H and O–H groups in total. The number of anilines is 2. The van der Waals surface area contributed by atoms with Gasteiger partial charge in [0.05, 0.1) is 23.3 Å². The molecule has 2 heterocycles. The number of nitrogens with zero attached hydrogens (tertiary/aromatic N) is 4. The molecule has 0 saturated heterocycles. The summed E-state index contributed by atoms with van der Waals surface area (Å²) in [6.45, 7) is 10.0. The largest absolute Gasteiger partial charge is 0.383 e. The molecule has 0 spiro atoms. The van der Waals surface area contributed by atoms with Crippen LogP contribution in [-0.4, -0.2) is 16.2 Å². The van der Waals surface area contributed by atoms with Crippen LogP contribution in [0.1, 0.15) is 47.2 Å². The molecule has 284 valence electrons. The molecule has 0 amide bonds. The van der Waals surface area contributed by atoms with E-state index < -0.39 is 0 Å². The molecule has 1 aromatic heterocycles. The predicted molar refractivity (Wildman–Crippen MR) is 248 cm³/mol. The average Bonchev–Trinajstić information content (AvgIpc) is 3.73. The Bertz CT molecular complexity index is 3040. The highest BCUT2D eigenvalue weighted by Crippen LogP contribution is 2.60. The van der Waals surface area contributed by atoms with Crippen LogP contribution in [0.3, 0.4) is 0 Å². The Kier molecular flexibility index (Phi) is 8.80. The number of rotatable bonds is 6. The van der Waals surface area contributed by atoms with Crippen molar-refractivity contribution >= 4 is 50.4 Å². The van der Waals surface area contributed by atoms with E-state index in [4.69, 9.17) is 22.3 Å². The molecule has 0 fully saturated rings. The summed E-state index contributed by atoms with van der Waals surface area (Å²) in [5.41, 5.74) is 21.9. The van der Waals surface area contributed by atoms with Crippen LogP contribution in [0.5, 0.6) is 0 Å². The quantitative estimate of drug-likeness (QED) is 0.135. The second-order valence-corrected chi connectivity index (χ2v) is 15.7. The summed E-state index contributed by atoms with van der Waals surface area (Å²) in [5, 5.41) is 2.47. The fraction of sp³-hybridized carbons (Fsp3) is 0.0741. The lowest BCUT2D eigenvalue weighted by Gasteiger charge is -2.33. The first-order valence-corrected chi connectivity index (χ1v) is 20.1. The van der Waals surface area contributed by atoms with Crippen LogP contribution in [0.25, 0.3) is 44.2 Å². The molecule has 2 aliphatic rings. The number of amidine groups is 2. The Hall–Kier alpha value is -7.50. The highest BCUT2D eigenvalue weighted by molar-refractivity contribution is 6.23. The second kappa shape index (κ2) is 14.5. The van der Waals surface area contributed by atoms with Crippen molar-refractivity contribution in [1.82, 2.24) is 4.57 Å². The SMILES string of the molecule is C=C1/C=C\C=C/N(c2ccc(C(N=C(N)c3ccccc3)=NCc3ccccc3)cc2)c2c3c(c4c5ccccc5n(-c5ccccc5)c4c21)-c1ccccc1C3(C)C. The zero-order valence-corrected chi connectivity index (χ0v) is 33.2. The minimum Gasteiger partial charge on any atom is -0.383 e. The lowest BCUT2D eigenvalue weighted by molar-refractivity contribution is 0.661. The molecular weight excluding hydrogens is 719 g/mol. The van der Waals surface area contributed by atoms with Gasteiger partial charge in [0.15, 0.2) is 5.84 Å². The van der Waals surface area contributed by atoms with Crippen LogP contribution in [0, 0.1) is 0 Å². The fourth-order valence-electron chi connectivity index (χ4n) is 9.04. The molecule has 5 heteroatoms. The number of fused-ring (bicyclic) bond motifs is 10. The van der Waals surface area contributed by atoms with Crippen LogP contribution < -0.4 is 10.6 Å². The molecule has 8 aromatic rings. The van der Waals surface area contributed by atoms with Gasteiger partial charge in [-0.05, 0) is 81.9 Å². The summed E-state index contributed by atoms with van der Waals surface area (Å²) in [7, 11) is 0. The van der Waals surface area contributed by atoms with E-state index in [-0.39, 0.29) is 5.41 Å². The maximum absolute atomic E-state index is 6.62. The summed E-state index contributed by atoms with van der Waals surface area (Å²) in [6.07, 6.45) is 8.54. The number of allylic oxidation sites excluding steroid dienone is 4. The molecule has 10 rings (SSSR count). The first kappa shape index (κ1) is 35.9. The molecule has 7 aromatic carbocycles. The molecule has 0 bridgehead atoms. The Morgan fingerprint density at radius 2 is 1.32 bits per heavy atom. The number of hydrogen-bond acceptors (Lipinski definition) is 2. The molecule has 0 atom stereocenters. The van der Waals surface area contributed by atoms with E-state index in [1.165, 1.54) is 33.0 Å². The van der Waals surface area contributed by atoms with E-state index in [0.29, 0.717) is 18.2 Å².